The fraction of sp³-hybridized carbons (Fsp3) is 0.643. The maximum absolute atomic E-state index is 12.1. The second-order valence-electron chi connectivity index (χ2n) is 5.82. The third-order valence-electron chi connectivity index (χ3n) is 4.04. The smallest absolute Gasteiger partial charge is 0.301 e. The van der Waals surface area contributed by atoms with Crippen molar-refractivity contribution in [3.8, 4) is 6.01 Å². The number of anilines is 1. The molecule has 6 N–H and O–H groups in total. The number of rotatable bonds is 6. The minimum absolute atomic E-state index is 0.0156. The number of aliphatic hydroxyl groups is 3. The molecule has 0 amide bonds. The third-order valence-corrected chi connectivity index (χ3v) is 4.04. The van der Waals surface area contributed by atoms with E-state index in [1.54, 1.807) is 0 Å². The fourth-order valence-electron chi connectivity index (χ4n) is 2.71. The summed E-state index contributed by atoms with van der Waals surface area (Å²) in [4.78, 5) is 22.6. The summed E-state index contributed by atoms with van der Waals surface area (Å²) in [5.74, 6) is -0.134. The monoisotopic (exact) mass is 355 g/mol. The summed E-state index contributed by atoms with van der Waals surface area (Å²) >= 11 is 0. The van der Waals surface area contributed by atoms with Crippen molar-refractivity contribution >= 4 is 17.1 Å². The van der Waals surface area contributed by atoms with E-state index >= 15 is 0 Å². The van der Waals surface area contributed by atoms with Crippen molar-refractivity contribution < 1.29 is 24.8 Å². The second-order valence-corrected chi connectivity index (χ2v) is 5.82. The molecule has 0 aliphatic carbocycles. The number of aromatic amines is 1. The van der Waals surface area contributed by atoms with Gasteiger partial charge in [0.1, 0.15) is 18.3 Å². The second kappa shape index (κ2) is 6.96. The molecule has 0 spiro atoms. The highest BCUT2D eigenvalue weighted by molar-refractivity contribution is 5.72. The molecule has 2 aromatic rings. The molecule has 1 saturated heterocycles. The van der Waals surface area contributed by atoms with E-state index in [4.69, 9.17) is 15.2 Å². The summed E-state index contributed by atoms with van der Waals surface area (Å²) in [5.41, 5.74) is 5.06. The molecule has 11 nitrogen and oxygen atoms in total. The highest BCUT2D eigenvalue weighted by Crippen LogP contribution is 2.34. The minimum atomic E-state index is -1.37. The van der Waals surface area contributed by atoms with Gasteiger partial charge in [-0.3, -0.25) is 9.78 Å². The van der Waals surface area contributed by atoms with Gasteiger partial charge in [-0.15, -0.1) is 0 Å². The van der Waals surface area contributed by atoms with Crippen molar-refractivity contribution in [2.75, 3.05) is 18.9 Å². The lowest BCUT2D eigenvalue weighted by Crippen LogP contribution is -2.33. The Kier molecular flexibility index (Phi) is 4.90. The standard InChI is InChI=1S/C14H21N5O6/c1-2-3-4-24-14-16-7-10(17-13(15)18-11(7)23)19(14)12-9(22)8(21)6(5-20)25-12/h6,8-9,12,20-22H,2-5H2,1H3,(H3,15,17,18,23)/t6-,8+,9-,12-/m1/s1. The van der Waals surface area contributed by atoms with E-state index in [1.165, 1.54) is 4.57 Å². The van der Waals surface area contributed by atoms with Crippen LogP contribution in [0.1, 0.15) is 26.0 Å². The molecule has 0 saturated carbocycles. The minimum Gasteiger partial charge on any atom is -0.465 e. The maximum atomic E-state index is 12.1. The number of nitrogens with zero attached hydrogens (tertiary/aromatic N) is 3. The Hall–Kier alpha value is -2.21. The van der Waals surface area contributed by atoms with Crippen LogP contribution in [0.4, 0.5) is 5.95 Å². The van der Waals surface area contributed by atoms with E-state index in [1.807, 2.05) is 6.92 Å². The van der Waals surface area contributed by atoms with Crippen molar-refractivity contribution in [3.05, 3.63) is 10.4 Å². The van der Waals surface area contributed by atoms with Crippen LogP contribution < -0.4 is 16.0 Å². The first-order valence-electron chi connectivity index (χ1n) is 8.00. The SMILES string of the molecule is CCCCOc1nc2c(=O)[nH]c(N)nc2n1[C@@H]1O[C@H](CO)[C@H](O)[C@H]1O. The molecule has 3 rings (SSSR count). The Balaban J connectivity index is 2.10. The van der Waals surface area contributed by atoms with Gasteiger partial charge in [-0.25, -0.2) is 4.57 Å². The summed E-state index contributed by atoms with van der Waals surface area (Å²) in [7, 11) is 0. The number of aliphatic hydroxyl groups excluding tert-OH is 3. The fourth-order valence-corrected chi connectivity index (χ4v) is 2.71. The van der Waals surface area contributed by atoms with Crippen LogP contribution in [0.15, 0.2) is 4.79 Å². The molecule has 0 bridgehead atoms. The lowest BCUT2D eigenvalue weighted by atomic mass is 10.1. The van der Waals surface area contributed by atoms with Crippen LogP contribution in [0.2, 0.25) is 0 Å². The number of nitrogens with one attached hydrogen (secondary N) is 1. The normalized spacial score (nSPS) is 26.4. The van der Waals surface area contributed by atoms with Crippen molar-refractivity contribution in [1.82, 2.24) is 19.5 Å². The van der Waals surface area contributed by atoms with E-state index < -0.39 is 36.7 Å². The van der Waals surface area contributed by atoms with E-state index in [9.17, 15) is 20.1 Å². The van der Waals surface area contributed by atoms with E-state index in [-0.39, 0.29) is 23.1 Å². The summed E-state index contributed by atoms with van der Waals surface area (Å²) in [5, 5.41) is 29.6. The Morgan fingerprint density at radius 1 is 1.36 bits per heavy atom. The molecule has 138 valence electrons. The van der Waals surface area contributed by atoms with Gasteiger partial charge in [-0.05, 0) is 6.42 Å². The highest BCUT2D eigenvalue weighted by Gasteiger charge is 2.45. The number of nitrogens with two attached hydrogens (primary N) is 1. The Bertz CT molecular complexity index is 805. The van der Waals surface area contributed by atoms with Crippen LogP contribution in [0, 0.1) is 0 Å². The van der Waals surface area contributed by atoms with Crippen molar-refractivity contribution in [2.45, 2.75) is 44.3 Å². The van der Waals surface area contributed by atoms with Gasteiger partial charge in [0.15, 0.2) is 17.4 Å². The van der Waals surface area contributed by atoms with Crippen molar-refractivity contribution in [3.63, 3.8) is 0 Å². The number of hydrogen-bond donors (Lipinski definition) is 5. The molecular weight excluding hydrogens is 334 g/mol. The molecule has 0 unspecified atom stereocenters. The number of ether oxygens (including phenoxy) is 2. The average Bonchev–Trinajstić information content (AvgIpc) is 3.06. The molecule has 0 aromatic carbocycles. The van der Waals surface area contributed by atoms with Crippen LogP contribution in [-0.4, -0.2) is 66.4 Å². The Morgan fingerprint density at radius 3 is 2.76 bits per heavy atom. The zero-order valence-electron chi connectivity index (χ0n) is 13.6. The van der Waals surface area contributed by atoms with Crippen LogP contribution in [0.25, 0.3) is 11.2 Å². The largest absolute Gasteiger partial charge is 0.465 e. The molecule has 11 heteroatoms. The zero-order chi connectivity index (χ0) is 18.1. The molecule has 1 fully saturated rings. The number of unbranched alkanes of at least 4 members (excludes halogenated alkanes) is 1. The number of imidazole rings is 1. The molecule has 2 aromatic heterocycles. The Labute approximate surface area is 142 Å². The van der Waals surface area contributed by atoms with Gasteiger partial charge in [0.05, 0.1) is 13.2 Å². The van der Waals surface area contributed by atoms with Gasteiger partial charge in [0.2, 0.25) is 5.95 Å². The number of H-pyrrole nitrogens is 1. The number of nitrogen functional groups attached to an aromatic ring is 1. The maximum Gasteiger partial charge on any atom is 0.301 e. The van der Waals surface area contributed by atoms with Gasteiger partial charge >= 0.3 is 6.01 Å². The summed E-state index contributed by atoms with van der Waals surface area (Å²) in [6, 6.07) is 0.0156. The van der Waals surface area contributed by atoms with Gasteiger partial charge < -0.3 is 30.5 Å². The average molecular weight is 355 g/mol. The van der Waals surface area contributed by atoms with Crippen LogP contribution in [-0.2, 0) is 4.74 Å². The molecular formula is C14H21N5O6. The molecule has 4 atom stereocenters. The van der Waals surface area contributed by atoms with Gasteiger partial charge in [-0.2, -0.15) is 9.97 Å². The first-order valence-corrected chi connectivity index (χ1v) is 8.00. The predicted molar refractivity (Wildman–Crippen MR) is 86.0 cm³/mol. The lowest BCUT2D eigenvalue weighted by molar-refractivity contribution is -0.0543. The molecule has 25 heavy (non-hydrogen) atoms. The van der Waals surface area contributed by atoms with Crippen molar-refractivity contribution in [1.29, 1.82) is 0 Å². The lowest BCUT2D eigenvalue weighted by Gasteiger charge is -2.19. The van der Waals surface area contributed by atoms with Crippen LogP contribution >= 0.6 is 0 Å². The molecule has 3 heterocycles. The number of aromatic nitrogens is 4. The van der Waals surface area contributed by atoms with Gasteiger partial charge in [0, 0.05) is 0 Å². The molecule has 1 aliphatic heterocycles. The van der Waals surface area contributed by atoms with E-state index in [0.29, 0.717) is 6.61 Å². The van der Waals surface area contributed by atoms with Gasteiger partial charge in [-0.1, -0.05) is 13.3 Å². The topological polar surface area (TPSA) is 169 Å². The third kappa shape index (κ3) is 3.06. The highest BCUT2D eigenvalue weighted by atomic mass is 16.6. The first kappa shape index (κ1) is 17.6. The number of fused-ring (bicyclic) bond motifs is 1. The van der Waals surface area contributed by atoms with Crippen LogP contribution in [0.3, 0.4) is 0 Å². The first-order chi connectivity index (χ1) is 12.0. The molecule has 1 aliphatic rings. The van der Waals surface area contributed by atoms with E-state index in [0.717, 1.165) is 12.8 Å². The summed E-state index contributed by atoms with van der Waals surface area (Å²) < 4.78 is 12.4. The predicted octanol–water partition coefficient (Wildman–Crippen LogP) is -1.51. The number of hydrogen-bond acceptors (Lipinski definition) is 9. The van der Waals surface area contributed by atoms with Crippen molar-refractivity contribution in [2.24, 2.45) is 0 Å². The Morgan fingerprint density at radius 2 is 2.12 bits per heavy atom. The van der Waals surface area contributed by atoms with Crippen LogP contribution in [0.5, 0.6) is 6.01 Å². The summed E-state index contributed by atoms with van der Waals surface area (Å²) in [6.07, 6.45) is -3.16. The van der Waals surface area contributed by atoms with E-state index in [2.05, 4.69) is 15.0 Å². The summed E-state index contributed by atoms with van der Waals surface area (Å²) in [6.45, 7) is 1.84. The quantitative estimate of drug-likeness (QED) is 0.387. The molecule has 0 radical (unpaired) electrons. The zero-order valence-corrected chi connectivity index (χ0v) is 13.6. The van der Waals surface area contributed by atoms with Gasteiger partial charge in [0.25, 0.3) is 5.56 Å².